The van der Waals surface area contributed by atoms with Gasteiger partial charge in [-0.1, -0.05) is 17.7 Å². The zero-order chi connectivity index (χ0) is 9.42. The van der Waals surface area contributed by atoms with E-state index in [1.807, 2.05) is 18.2 Å². The van der Waals surface area contributed by atoms with E-state index in [2.05, 4.69) is 15.9 Å². The Labute approximate surface area is 90.9 Å². The van der Waals surface area contributed by atoms with E-state index in [1.165, 1.54) is 5.56 Å². The summed E-state index contributed by atoms with van der Waals surface area (Å²) in [7, 11) is 0. The number of rotatable bonds is 2. The molecule has 1 aliphatic rings. The molecular weight excluding hydrogens is 251 g/mol. The minimum atomic E-state index is 0.297. The molecular formula is C10H10BrClO. The molecule has 1 N–H and O–H groups in total. The Morgan fingerprint density at radius 3 is 2.85 bits per heavy atom. The van der Waals surface area contributed by atoms with Crippen LogP contribution in [0.1, 0.15) is 17.9 Å². The summed E-state index contributed by atoms with van der Waals surface area (Å²) >= 11 is 9.27. The molecule has 0 spiro atoms. The minimum Gasteiger partial charge on any atom is -0.396 e. The number of halogens is 2. The van der Waals surface area contributed by atoms with Gasteiger partial charge in [0.15, 0.2) is 0 Å². The van der Waals surface area contributed by atoms with Gasteiger partial charge in [0.2, 0.25) is 0 Å². The molecule has 0 radical (unpaired) electrons. The van der Waals surface area contributed by atoms with Crippen molar-refractivity contribution >= 4 is 27.5 Å². The second kappa shape index (κ2) is 3.60. The lowest BCUT2D eigenvalue weighted by Gasteiger charge is -2.01. The second-order valence-electron chi connectivity index (χ2n) is 3.46. The van der Waals surface area contributed by atoms with E-state index >= 15 is 0 Å². The van der Waals surface area contributed by atoms with Crippen LogP contribution in [0.3, 0.4) is 0 Å². The smallest absolute Gasteiger partial charge is 0.0548 e. The van der Waals surface area contributed by atoms with Crippen molar-refractivity contribution < 1.29 is 5.11 Å². The molecule has 1 fully saturated rings. The Kier molecular flexibility index (Phi) is 2.63. The van der Waals surface area contributed by atoms with Gasteiger partial charge in [0.25, 0.3) is 0 Å². The maximum absolute atomic E-state index is 8.92. The third-order valence-electron chi connectivity index (χ3n) is 2.53. The van der Waals surface area contributed by atoms with Crippen molar-refractivity contribution in [3.05, 3.63) is 33.3 Å². The van der Waals surface area contributed by atoms with Crippen LogP contribution in [0.25, 0.3) is 0 Å². The van der Waals surface area contributed by atoms with Crippen LogP contribution in [-0.2, 0) is 0 Å². The van der Waals surface area contributed by atoms with Crippen LogP contribution in [0.4, 0.5) is 0 Å². The van der Waals surface area contributed by atoms with Crippen LogP contribution in [0, 0.1) is 5.92 Å². The Morgan fingerprint density at radius 1 is 1.54 bits per heavy atom. The topological polar surface area (TPSA) is 20.2 Å². The van der Waals surface area contributed by atoms with Crippen molar-refractivity contribution in [3.8, 4) is 0 Å². The van der Waals surface area contributed by atoms with Crippen molar-refractivity contribution in [2.24, 2.45) is 5.92 Å². The van der Waals surface area contributed by atoms with Crippen molar-refractivity contribution in [2.45, 2.75) is 12.3 Å². The van der Waals surface area contributed by atoms with E-state index < -0.39 is 0 Å². The van der Waals surface area contributed by atoms with Crippen LogP contribution in [0.2, 0.25) is 5.02 Å². The van der Waals surface area contributed by atoms with Crippen LogP contribution in [0.5, 0.6) is 0 Å². The van der Waals surface area contributed by atoms with E-state index in [0.29, 0.717) is 18.4 Å². The molecule has 1 saturated carbocycles. The average Bonchev–Trinajstić information content (AvgIpc) is 2.88. The molecule has 0 heterocycles. The first-order chi connectivity index (χ1) is 6.22. The van der Waals surface area contributed by atoms with Crippen molar-refractivity contribution in [1.29, 1.82) is 0 Å². The highest BCUT2D eigenvalue weighted by Gasteiger charge is 2.37. The lowest BCUT2D eigenvalue weighted by atomic mass is 10.1. The molecule has 3 heteroatoms. The molecule has 13 heavy (non-hydrogen) atoms. The van der Waals surface area contributed by atoms with E-state index in [1.54, 1.807) is 0 Å². The van der Waals surface area contributed by atoms with Crippen molar-refractivity contribution in [2.75, 3.05) is 6.61 Å². The number of hydrogen-bond donors (Lipinski definition) is 1. The first-order valence-corrected chi connectivity index (χ1v) is 5.45. The van der Waals surface area contributed by atoms with Gasteiger partial charge in [-0.2, -0.15) is 0 Å². The van der Waals surface area contributed by atoms with Crippen LogP contribution in [-0.4, -0.2) is 11.7 Å². The first kappa shape index (κ1) is 9.50. The predicted molar refractivity (Wildman–Crippen MR) is 57.1 cm³/mol. The van der Waals surface area contributed by atoms with Gasteiger partial charge in [-0.3, -0.25) is 0 Å². The molecule has 2 unspecified atom stereocenters. The Hall–Kier alpha value is -0.0500. The van der Waals surface area contributed by atoms with Gasteiger partial charge < -0.3 is 5.11 Å². The lowest BCUT2D eigenvalue weighted by Crippen LogP contribution is -1.88. The third-order valence-corrected chi connectivity index (χ3v) is 3.74. The van der Waals surface area contributed by atoms with Gasteiger partial charge in [0, 0.05) is 11.1 Å². The van der Waals surface area contributed by atoms with Crippen LogP contribution >= 0.6 is 27.5 Å². The maximum Gasteiger partial charge on any atom is 0.0548 e. The van der Waals surface area contributed by atoms with Gasteiger partial charge in [-0.05, 0) is 51.9 Å². The number of aliphatic hydroxyl groups is 1. The predicted octanol–water partition coefficient (Wildman–Crippen LogP) is 3.20. The van der Waals surface area contributed by atoms with Crippen molar-refractivity contribution in [3.63, 3.8) is 0 Å². The van der Waals surface area contributed by atoms with E-state index in [9.17, 15) is 0 Å². The highest BCUT2D eigenvalue weighted by molar-refractivity contribution is 9.10. The monoisotopic (exact) mass is 260 g/mol. The van der Waals surface area contributed by atoms with Crippen LogP contribution in [0.15, 0.2) is 22.7 Å². The molecule has 1 nitrogen and oxygen atoms in total. The van der Waals surface area contributed by atoms with Crippen molar-refractivity contribution in [1.82, 2.24) is 0 Å². The molecule has 70 valence electrons. The Morgan fingerprint density at radius 2 is 2.31 bits per heavy atom. The summed E-state index contributed by atoms with van der Waals surface area (Å²) in [6, 6.07) is 5.98. The average molecular weight is 262 g/mol. The molecule has 2 atom stereocenters. The maximum atomic E-state index is 8.92. The molecule has 0 aliphatic heterocycles. The second-order valence-corrected chi connectivity index (χ2v) is 4.72. The standard InChI is InChI=1S/C10H10BrClO/c11-9-4-6(1-2-10(9)12)8-3-7(8)5-13/h1-2,4,7-8,13H,3,5H2. The first-order valence-electron chi connectivity index (χ1n) is 4.28. The summed E-state index contributed by atoms with van der Waals surface area (Å²) in [6.45, 7) is 0.297. The fourth-order valence-electron chi connectivity index (χ4n) is 1.60. The lowest BCUT2D eigenvalue weighted by molar-refractivity contribution is 0.274. The molecule has 2 rings (SSSR count). The third kappa shape index (κ3) is 1.90. The minimum absolute atomic E-state index is 0.297. The highest BCUT2D eigenvalue weighted by Crippen LogP contribution is 2.47. The van der Waals surface area contributed by atoms with Gasteiger partial charge in [0.1, 0.15) is 0 Å². The number of aliphatic hydroxyl groups excluding tert-OH is 1. The van der Waals surface area contributed by atoms with E-state index in [0.717, 1.165) is 15.9 Å². The molecule has 1 aromatic carbocycles. The largest absolute Gasteiger partial charge is 0.396 e. The van der Waals surface area contributed by atoms with E-state index in [4.69, 9.17) is 16.7 Å². The summed E-state index contributed by atoms with van der Waals surface area (Å²) < 4.78 is 0.940. The van der Waals surface area contributed by atoms with Crippen LogP contribution < -0.4 is 0 Å². The van der Waals surface area contributed by atoms with Gasteiger partial charge in [0.05, 0.1) is 5.02 Å². The SMILES string of the molecule is OCC1CC1c1ccc(Cl)c(Br)c1. The molecule has 1 aromatic rings. The Bertz CT molecular complexity index is 327. The normalized spacial score (nSPS) is 26.1. The summed E-state index contributed by atoms with van der Waals surface area (Å²) in [6.07, 6.45) is 1.10. The summed E-state index contributed by atoms with van der Waals surface area (Å²) in [4.78, 5) is 0. The molecule has 0 amide bonds. The van der Waals surface area contributed by atoms with Gasteiger partial charge >= 0.3 is 0 Å². The molecule has 0 saturated heterocycles. The Balaban J connectivity index is 2.19. The molecule has 0 aromatic heterocycles. The fourth-order valence-corrected chi connectivity index (χ4v) is 2.11. The number of hydrogen-bond acceptors (Lipinski definition) is 1. The van der Waals surface area contributed by atoms with E-state index in [-0.39, 0.29) is 0 Å². The van der Waals surface area contributed by atoms with Gasteiger partial charge in [-0.15, -0.1) is 0 Å². The molecule has 0 bridgehead atoms. The highest BCUT2D eigenvalue weighted by atomic mass is 79.9. The molecule has 1 aliphatic carbocycles. The van der Waals surface area contributed by atoms with Gasteiger partial charge in [-0.25, -0.2) is 0 Å². The zero-order valence-corrected chi connectivity index (χ0v) is 9.35. The summed E-state index contributed by atoms with van der Waals surface area (Å²) in [5.74, 6) is 1.01. The quantitative estimate of drug-likeness (QED) is 0.867. The summed E-state index contributed by atoms with van der Waals surface area (Å²) in [5, 5.41) is 9.66. The fraction of sp³-hybridized carbons (Fsp3) is 0.400. The summed E-state index contributed by atoms with van der Waals surface area (Å²) in [5.41, 5.74) is 1.27. The number of benzene rings is 1. The zero-order valence-electron chi connectivity index (χ0n) is 7.00.